The molecule has 0 radical (unpaired) electrons. The molecule has 3 aromatic rings. The molecule has 150 valence electrons. The fraction of sp³-hybridized carbons (Fsp3) is 0.105. The average Bonchev–Trinajstić information content (AvgIpc) is 2.98. The van der Waals surface area contributed by atoms with E-state index >= 15 is 0 Å². The highest BCUT2D eigenvalue weighted by Gasteiger charge is 2.24. The second-order valence-corrected chi connectivity index (χ2v) is 8.10. The maximum atomic E-state index is 12.1. The molecule has 0 atom stereocenters. The molecule has 0 saturated carbocycles. The van der Waals surface area contributed by atoms with E-state index in [2.05, 4.69) is 41.9 Å². The number of nitrogens with one attached hydrogen (secondary N) is 1. The third-order valence-corrected chi connectivity index (χ3v) is 5.69. The summed E-state index contributed by atoms with van der Waals surface area (Å²) >= 11 is 6.82. The zero-order valence-electron chi connectivity index (χ0n) is 15.3. The first-order valence-electron chi connectivity index (χ1n) is 8.49. The lowest BCUT2D eigenvalue weighted by Crippen LogP contribution is -2.33. The van der Waals surface area contributed by atoms with Crippen LogP contribution in [0.5, 0.6) is 11.5 Å². The molecule has 0 bridgehead atoms. The van der Waals surface area contributed by atoms with Gasteiger partial charge in [-0.1, -0.05) is 6.07 Å². The Hall–Kier alpha value is -3.23. The van der Waals surface area contributed by atoms with Gasteiger partial charge in [-0.2, -0.15) is 9.94 Å². The van der Waals surface area contributed by atoms with Crippen molar-refractivity contribution in [3.8, 4) is 23.3 Å². The number of rotatable bonds is 3. The summed E-state index contributed by atoms with van der Waals surface area (Å²) in [5, 5.41) is 12.8. The van der Waals surface area contributed by atoms with Gasteiger partial charge in [0.1, 0.15) is 11.8 Å². The van der Waals surface area contributed by atoms with Crippen LogP contribution in [-0.4, -0.2) is 27.7 Å². The van der Waals surface area contributed by atoms with E-state index in [0.29, 0.717) is 32.6 Å². The molecule has 4 rings (SSSR count). The monoisotopic (exact) mass is 531 g/mol. The predicted octanol–water partition coefficient (Wildman–Crippen LogP) is 2.63. The van der Waals surface area contributed by atoms with Crippen LogP contribution >= 0.6 is 31.9 Å². The number of carbonyl (C=O) groups excluding carboxylic acids is 1. The third kappa shape index (κ3) is 3.44. The number of hydrogen-bond donors (Lipinski definition) is 1. The SMILES string of the molecule is CN1C(=O)Cc2ccc(Oc3c(Br)cc(-n4nc(C#N)c(=O)[nH]c4=O)cc3Br)cc21. The minimum absolute atomic E-state index is 0.0180. The van der Waals surface area contributed by atoms with Crippen LogP contribution in [0.25, 0.3) is 5.69 Å². The Labute approximate surface area is 185 Å². The van der Waals surface area contributed by atoms with Crippen molar-refractivity contribution in [2.45, 2.75) is 6.42 Å². The van der Waals surface area contributed by atoms with E-state index in [1.807, 2.05) is 6.07 Å². The maximum Gasteiger partial charge on any atom is 0.349 e. The summed E-state index contributed by atoms with van der Waals surface area (Å²) < 4.78 is 7.89. The van der Waals surface area contributed by atoms with Crippen LogP contribution in [0.2, 0.25) is 0 Å². The highest BCUT2D eigenvalue weighted by atomic mass is 79.9. The summed E-state index contributed by atoms with van der Waals surface area (Å²) in [4.78, 5) is 39.2. The number of anilines is 1. The molecule has 1 amide bonds. The molecule has 11 heteroatoms. The highest BCUT2D eigenvalue weighted by Crippen LogP contribution is 2.40. The van der Waals surface area contributed by atoms with Crippen LogP contribution in [0.15, 0.2) is 48.9 Å². The van der Waals surface area contributed by atoms with Crippen molar-refractivity contribution in [1.82, 2.24) is 14.8 Å². The average molecular weight is 533 g/mol. The Morgan fingerprint density at radius 1 is 1.17 bits per heavy atom. The van der Waals surface area contributed by atoms with Gasteiger partial charge in [-0.15, -0.1) is 5.10 Å². The number of nitrogens with zero attached hydrogens (tertiary/aromatic N) is 4. The minimum Gasteiger partial charge on any atom is -0.455 e. The predicted molar refractivity (Wildman–Crippen MR) is 114 cm³/mol. The Morgan fingerprint density at radius 3 is 2.53 bits per heavy atom. The topological polar surface area (TPSA) is 121 Å². The quantitative estimate of drug-likeness (QED) is 0.553. The molecule has 2 heterocycles. The smallest absolute Gasteiger partial charge is 0.349 e. The Kier molecular flexibility index (Phi) is 5.05. The van der Waals surface area contributed by atoms with Gasteiger partial charge in [0.25, 0.3) is 5.56 Å². The molecule has 0 saturated heterocycles. The number of nitriles is 1. The molecule has 1 aliphatic heterocycles. The van der Waals surface area contributed by atoms with E-state index < -0.39 is 16.9 Å². The van der Waals surface area contributed by atoms with Crippen molar-refractivity contribution < 1.29 is 9.53 Å². The van der Waals surface area contributed by atoms with Crippen LogP contribution in [0.4, 0.5) is 5.69 Å². The third-order valence-electron chi connectivity index (χ3n) is 4.52. The van der Waals surface area contributed by atoms with Gasteiger partial charge in [0.2, 0.25) is 11.6 Å². The molecule has 30 heavy (non-hydrogen) atoms. The van der Waals surface area contributed by atoms with Crippen molar-refractivity contribution in [1.29, 1.82) is 5.26 Å². The number of likely N-dealkylation sites (N-methyl/N-ethyl adjacent to an activating group) is 1. The van der Waals surface area contributed by atoms with E-state index in [4.69, 9.17) is 10.00 Å². The Bertz CT molecular complexity index is 1350. The van der Waals surface area contributed by atoms with Crippen LogP contribution in [-0.2, 0) is 11.2 Å². The first kappa shape index (κ1) is 20.1. The first-order valence-corrected chi connectivity index (χ1v) is 10.1. The van der Waals surface area contributed by atoms with Crippen LogP contribution in [0.3, 0.4) is 0 Å². The fourth-order valence-corrected chi connectivity index (χ4v) is 4.34. The number of hydrogen-bond acceptors (Lipinski definition) is 6. The van der Waals surface area contributed by atoms with Gasteiger partial charge in [0, 0.05) is 13.1 Å². The molecule has 1 N–H and O–H groups in total. The van der Waals surface area contributed by atoms with Gasteiger partial charge in [-0.05, 0) is 55.6 Å². The fourth-order valence-electron chi connectivity index (χ4n) is 3.02. The highest BCUT2D eigenvalue weighted by molar-refractivity contribution is 9.11. The number of benzene rings is 2. The lowest BCUT2D eigenvalue weighted by molar-refractivity contribution is -0.117. The summed E-state index contributed by atoms with van der Waals surface area (Å²) in [7, 11) is 1.71. The second kappa shape index (κ2) is 7.55. The number of carbonyl (C=O) groups is 1. The Morgan fingerprint density at radius 2 is 1.87 bits per heavy atom. The maximum absolute atomic E-state index is 12.1. The van der Waals surface area contributed by atoms with E-state index in [9.17, 15) is 14.4 Å². The number of ether oxygens (including phenoxy) is 1. The van der Waals surface area contributed by atoms with Gasteiger partial charge >= 0.3 is 5.69 Å². The number of amides is 1. The number of fused-ring (bicyclic) bond motifs is 1. The van der Waals surface area contributed by atoms with Crippen molar-refractivity contribution in [2.75, 3.05) is 11.9 Å². The summed E-state index contributed by atoms with van der Waals surface area (Å²) in [5.41, 5.74) is -0.0404. The van der Waals surface area contributed by atoms with Crippen LogP contribution < -0.4 is 20.9 Å². The van der Waals surface area contributed by atoms with Gasteiger partial charge < -0.3 is 9.64 Å². The normalized spacial score (nSPS) is 12.6. The molecule has 9 nitrogen and oxygen atoms in total. The standard InChI is InChI=1S/C19H11Br2N5O4/c1-25-15-7-11(3-2-9(15)4-16(25)27)30-17-12(20)5-10(6-13(17)21)26-19(29)23-18(28)14(8-22)24-26/h2-3,5-7H,4H2,1H3,(H,23,28,29). The second-order valence-electron chi connectivity index (χ2n) is 6.39. The molecule has 0 spiro atoms. The van der Waals surface area contributed by atoms with Gasteiger partial charge in [-0.3, -0.25) is 14.6 Å². The van der Waals surface area contributed by atoms with Gasteiger partial charge in [-0.25, -0.2) is 4.79 Å². The summed E-state index contributed by atoms with van der Waals surface area (Å²) in [6, 6.07) is 10.2. The van der Waals surface area contributed by atoms with E-state index in [1.54, 1.807) is 42.3 Å². The molecule has 2 aromatic carbocycles. The van der Waals surface area contributed by atoms with Gasteiger partial charge in [0.05, 0.1) is 26.7 Å². The van der Waals surface area contributed by atoms with Crippen molar-refractivity contribution >= 4 is 43.5 Å². The van der Waals surface area contributed by atoms with Crippen molar-refractivity contribution in [3.05, 3.63) is 71.4 Å². The van der Waals surface area contributed by atoms with Crippen LogP contribution in [0, 0.1) is 11.3 Å². The summed E-state index contributed by atoms with van der Waals surface area (Å²) in [6.07, 6.45) is 0.361. The molecule has 0 unspecified atom stereocenters. The lowest BCUT2D eigenvalue weighted by atomic mass is 10.1. The van der Waals surface area contributed by atoms with Crippen molar-refractivity contribution in [2.24, 2.45) is 0 Å². The van der Waals surface area contributed by atoms with Crippen LogP contribution in [0.1, 0.15) is 11.3 Å². The zero-order valence-corrected chi connectivity index (χ0v) is 18.4. The minimum atomic E-state index is -0.850. The number of aromatic amines is 1. The molecule has 0 fully saturated rings. The first-order chi connectivity index (χ1) is 14.3. The molecule has 1 aliphatic rings. The van der Waals surface area contributed by atoms with Gasteiger partial charge in [0.15, 0.2) is 5.75 Å². The number of halogens is 2. The molecular formula is C19H11Br2N5O4. The number of H-pyrrole nitrogens is 1. The largest absolute Gasteiger partial charge is 0.455 e. The van der Waals surface area contributed by atoms with E-state index in [1.165, 1.54) is 0 Å². The summed E-state index contributed by atoms with van der Waals surface area (Å²) in [5.74, 6) is 0.976. The van der Waals surface area contributed by atoms with Crippen molar-refractivity contribution in [3.63, 3.8) is 0 Å². The molecule has 1 aromatic heterocycles. The zero-order chi connectivity index (χ0) is 21.6. The lowest BCUT2D eigenvalue weighted by Gasteiger charge is -2.15. The summed E-state index contributed by atoms with van der Waals surface area (Å²) in [6.45, 7) is 0. The molecular weight excluding hydrogens is 522 g/mol. The molecule has 0 aliphatic carbocycles. The van der Waals surface area contributed by atoms with E-state index in [-0.39, 0.29) is 5.91 Å². The Balaban J connectivity index is 1.72. The van der Waals surface area contributed by atoms with E-state index in [0.717, 1.165) is 15.9 Å². The number of aromatic nitrogens is 3.